The van der Waals surface area contributed by atoms with Gasteiger partial charge in [0.25, 0.3) is 11.7 Å². The maximum absolute atomic E-state index is 13.5. The molecule has 41 heavy (non-hydrogen) atoms. The van der Waals surface area contributed by atoms with Gasteiger partial charge in [-0.1, -0.05) is 32.0 Å². The lowest BCUT2D eigenvalue weighted by Gasteiger charge is -2.29. The van der Waals surface area contributed by atoms with Crippen molar-refractivity contribution in [2.45, 2.75) is 39.7 Å². The number of benzene rings is 2. The number of Topliss-reactive ketones (excluding diaryl/α,β-unsaturated/α-hetero) is 1. The number of methoxy groups -OCH3 is 1. The average molecular weight is 567 g/mol. The lowest BCUT2D eigenvalue weighted by molar-refractivity contribution is -0.140. The molecule has 0 saturated carbocycles. The summed E-state index contributed by atoms with van der Waals surface area (Å²) in [6.07, 6.45) is 1.58. The van der Waals surface area contributed by atoms with Crippen LogP contribution in [-0.4, -0.2) is 86.3 Å². The molecule has 2 aromatic rings. The van der Waals surface area contributed by atoms with Crippen molar-refractivity contribution in [3.05, 3.63) is 59.2 Å². The Balaban J connectivity index is 1.70. The molecule has 222 valence electrons. The predicted molar refractivity (Wildman–Crippen MR) is 156 cm³/mol. The third kappa shape index (κ3) is 7.40. The van der Waals surface area contributed by atoms with Gasteiger partial charge in [-0.05, 0) is 55.5 Å². The van der Waals surface area contributed by atoms with Gasteiger partial charge in [0.15, 0.2) is 11.5 Å². The van der Waals surface area contributed by atoms with E-state index < -0.39 is 17.7 Å². The summed E-state index contributed by atoms with van der Waals surface area (Å²) in [5, 5.41) is 11.5. The second kappa shape index (κ2) is 14.4. The van der Waals surface area contributed by atoms with E-state index in [1.54, 1.807) is 48.4 Å². The van der Waals surface area contributed by atoms with Gasteiger partial charge in [-0.25, -0.2) is 0 Å². The predicted octanol–water partition coefficient (Wildman–Crippen LogP) is 4.66. The molecule has 2 saturated heterocycles. The number of hydrogen-bond acceptors (Lipinski definition) is 8. The normalized spacial score (nSPS) is 19.1. The standard InChI is InChI=1S/C32H42N2O7/c1-5-40-25-9-6-8-24(20-25)30(35)28-29(23-10-11-26(27(21-23)38-4)41-17-12-22(2)3)34(32(37)31(28)36)14-7-13-33-15-18-39-19-16-33/h6,8-11,20-22,29,35H,5,7,12-19H2,1-4H3/b30-28+. The number of carbonyl (C=O) groups is 2. The number of nitrogens with zero attached hydrogens (tertiary/aromatic N) is 2. The number of ether oxygens (including phenoxy) is 4. The smallest absolute Gasteiger partial charge is 0.295 e. The first-order chi connectivity index (χ1) is 19.8. The second-order valence-corrected chi connectivity index (χ2v) is 10.7. The summed E-state index contributed by atoms with van der Waals surface area (Å²) >= 11 is 0. The number of hydrogen-bond donors (Lipinski definition) is 1. The van der Waals surface area contributed by atoms with Gasteiger partial charge in [-0.3, -0.25) is 14.5 Å². The minimum absolute atomic E-state index is 0.0468. The zero-order valence-corrected chi connectivity index (χ0v) is 24.6. The molecule has 0 spiro atoms. The Hall–Kier alpha value is -3.56. The Morgan fingerprint density at radius 3 is 2.54 bits per heavy atom. The zero-order valence-electron chi connectivity index (χ0n) is 24.6. The molecule has 1 atom stereocenters. The molecule has 2 aromatic carbocycles. The minimum Gasteiger partial charge on any atom is -0.507 e. The average Bonchev–Trinajstić information content (AvgIpc) is 3.22. The quantitative estimate of drug-likeness (QED) is 0.212. The van der Waals surface area contributed by atoms with E-state index in [9.17, 15) is 14.7 Å². The third-order valence-corrected chi connectivity index (χ3v) is 7.39. The largest absolute Gasteiger partial charge is 0.507 e. The van der Waals surface area contributed by atoms with Crippen LogP contribution in [0.5, 0.6) is 17.2 Å². The minimum atomic E-state index is -0.783. The molecule has 4 rings (SSSR count). The molecule has 9 heteroatoms. The number of aliphatic hydroxyl groups excluding tert-OH is 1. The van der Waals surface area contributed by atoms with E-state index in [0.29, 0.717) is 73.7 Å². The van der Waals surface area contributed by atoms with E-state index in [2.05, 4.69) is 18.7 Å². The van der Waals surface area contributed by atoms with Gasteiger partial charge in [0.05, 0.1) is 45.2 Å². The van der Waals surface area contributed by atoms with E-state index in [-0.39, 0.29) is 11.3 Å². The number of amides is 1. The van der Waals surface area contributed by atoms with Gasteiger partial charge in [-0.15, -0.1) is 0 Å². The highest BCUT2D eigenvalue weighted by molar-refractivity contribution is 6.46. The molecule has 2 aliphatic rings. The van der Waals surface area contributed by atoms with Crippen LogP contribution in [0.2, 0.25) is 0 Å². The van der Waals surface area contributed by atoms with Gasteiger partial charge in [-0.2, -0.15) is 0 Å². The molecule has 9 nitrogen and oxygen atoms in total. The van der Waals surface area contributed by atoms with Crippen molar-refractivity contribution in [3.63, 3.8) is 0 Å². The molecule has 0 aliphatic carbocycles. The van der Waals surface area contributed by atoms with Gasteiger partial charge in [0.2, 0.25) is 0 Å². The van der Waals surface area contributed by atoms with Crippen molar-refractivity contribution in [3.8, 4) is 17.2 Å². The topological polar surface area (TPSA) is 97.8 Å². The van der Waals surface area contributed by atoms with Crippen molar-refractivity contribution < 1.29 is 33.6 Å². The van der Waals surface area contributed by atoms with Crippen molar-refractivity contribution in [2.75, 3.05) is 59.7 Å². The summed E-state index contributed by atoms with van der Waals surface area (Å²) in [6.45, 7) is 11.4. The summed E-state index contributed by atoms with van der Waals surface area (Å²) in [5.41, 5.74) is 1.12. The monoisotopic (exact) mass is 566 g/mol. The van der Waals surface area contributed by atoms with Crippen LogP contribution < -0.4 is 14.2 Å². The van der Waals surface area contributed by atoms with Gasteiger partial charge >= 0.3 is 0 Å². The van der Waals surface area contributed by atoms with Crippen molar-refractivity contribution in [2.24, 2.45) is 5.92 Å². The SMILES string of the molecule is CCOc1cccc(/C(O)=C2\C(=O)C(=O)N(CCCN3CCOCC3)C2c2ccc(OCCC(C)C)c(OC)c2)c1. The lowest BCUT2D eigenvalue weighted by atomic mass is 9.95. The van der Waals surface area contributed by atoms with Crippen LogP contribution in [0.3, 0.4) is 0 Å². The summed E-state index contributed by atoms with van der Waals surface area (Å²) in [5.74, 6) is 0.583. The van der Waals surface area contributed by atoms with Gasteiger partial charge in [0, 0.05) is 31.7 Å². The maximum atomic E-state index is 13.5. The summed E-state index contributed by atoms with van der Waals surface area (Å²) in [4.78, 5) is 30.8. The number of likely N-dealkylation sites (tertiary alicyclic amines) is 1. The van der Waals surface area contributed by atoms with Crippen molar-refractivity contribution in [1.29, 1.82) is 0 Å². The fourth-order valence-corrected chi connectivity index (χ4v) is 5.18. The molecule has 2 heterocycles. The van der Waals surface area contributed by atoms with Crippen molar-refractivity contribution in [1.82, 2.24) is 9.80 Å². The van der Waals surface area contributed by atoms with E-state index in [0.717, 1.165) is 26.1 Å². The first-order valence-electron chi connectivity index (χ1n) is 14.5. The maximum Gasteiger partial charge on any atom is 0.295 e. The molecular weight excluding hydrogens is 524 g/mol. The van der Waals surface area contributed by atoms with E-state index in [1.807, 2.05) is 13.0 Å². The Morgan fingerprint density at radius 2 is 1.83 bits per heavy atom. The van der Waals surface area contributed by atoms with Crippen LogP contribution in [0.15, 0.2) is 48.0 Å². The number of morpholine rings is 1. The Labute approximate surface area is 242 Å². The Kier molecular flexibility index (Phi) is 10.7. The molecule has 2 aliphatic heterocycles. The lowest BCUT2D eigenvalue weighted by Crippen LogP contribution is -2.39. The first kappa shape index (κ1) is 30.4. The molecule has 1 amide bonds. The molecule has 0 bridgehead atoms. The summed E-state index contributed by atoms with van der Waals surface area (Å²) < 4.78 is 22.7. The van der Waals surface area contributed by atoms with Crippen LogP contribution in [0.1, 0.15) is 50.8 Å². The molecule has 0 aromatic heterocycles. The molecule has 2 fully saturated rings. The van der Waals surface area contributed by atoms with Crippen LogP contribution >= 0.6 is 0 Å². The highest BCUT2D eigenvalue weighted by atomic mass is 16.5. The van der Waals surface area contributed by atoms with Crippen molar-refractivity contribution >= 4 is 17.4 Å². The van der Waals surface area contributed by atoms with E-state index >= 15 is 0 Å². The van der Waals surface area contributed by atoms with Crippen LogP contribution in [-0.2, 0) is 14.3 Å². The fourth-order valence-electron chi connectivity index (χ4n) is 5.18. The highest BCUT2D eigenvalue weighted by Gasteiger charge is 2.46. The highest BCUT2D eigenvalue weighted by Crippen LogP contribution is 2.42. The number of carbonyl (C=O) groups excluding carboxylic acids is 2. The summed E-state index contributed by atoms with van der Waals surface area (Å²) in [6, 6.07) is 11.6. The van der Waals surface area contributed by atoms with Crippen LogP contribution in [0.4, 0.5) is 0 Å². The first-order valence-corrected chi connectivity index (χ1v) is 14.5. The zero-order chi connectivity index (χ0) is 29.4. The Morgan fingerprint density at radius 1 is 1.05 bits per heavy atom. The molecule has 0 radical (unpaired) electrons. The van der Waals surface area contributed by atoms with Crippen LogP contribution in [0, 0.1) is 5.92 Å². The van der Waals surface area contributed by atoms with E-state index in [4.69, 9.17) is 18.9 Å². The number of ketones is 1. The molecule has 1 N–H and O–H groups in total. The number of rotatable bonds is 13. The van der Waals surface area contributed by atoms with Crippen LogP contribution in [0.25, 0.3) is 5.76 Å². The fraction of sp³-hybridized carbons (Fsp3) is 0.500. The molecule has 1 unspecified atom stereocenters. The van der Waals surface area contributed by atoms with Gasteiger partial charge in [0.1, 0.15) is 11.5 Å². The molecular formula is C32H42N2O7. The van der Waals surface area contributed by atoms with E-state index in [1.165, 1.54) is 0 Å². The number of aliphatic hydroxyl groups is 1. The Bertz CT molecular complexity index is 1240. The summed E-state index contributed by atoms with van der Waals surface area (Å²) in [7, 11) is 1.56. The van der Waals surface area contributed by atoms with Gasteiger partial charge < -0.3 is 29.0 Å². The second-order valence-electron chi connectivity index (χ2n) is 10.7. The third-order valence-electron chi connectivity index (χ3n) is 7.39.